The molecule has 0 unspecified atom stereocenters. The summed E-state index contributed by atoms with van der Waals surface area (Å²) in [6, 6.07) is 0. The van der Waals surface area contributed by atoms with E-state index in [1.807, 2.05) is 13.8 Å². The van der Waals surface area contributed by atoms with Crippen LogP contribution in [-0.2, 0) is 19.6 Å². The molecule has 0 aromatic heterocycles. The number of unbranched alkanes of at least 4 members (excludes halogenated alkanes) is 2. The molecule has 0 radical (unpaired) electrons. The molecule has 6 heteroatoms. The van der Waals surface area contributed by atoms with Crippen molar-refractivity contribution in [3.8, 4) is 0 Å². The van der Waals surface area contributed by atoms with Gasteiger partial charge in [-0.25, -0.2) is 13.6 Å². The van der Waals surface area contributed by atoms with Crippen LogP contribution in [0.5, 0.6) is 0 Å². The lowest BCUT2D eigenvalue weighted by molar-refractivity contribution is -0.144. The molecule has 0 aliphatic carbocycles. The van der Waals surface area contributed by atoms with Gasteiger partial charge in [0, 0.05) is 6.42 Å². The number of hydrogen-bond acceptors (Lipinski definition) is 4. The van der Waals surface area contributed by atoms with Crippen LogP contribution < -0.4 is 5.14 Å². The minimum atomic E-state index is -3.36. The van der Waals surface area contributed by atoms with Gasteiger partial charge in [0.1, 0.15) is 0 Å². The number of esters is 1. The number of nitrogens with two attached hydrogens (primary N) is 1. The first-order chi connectivity index (χ1) is 7.31. The maximum Gasteiger partial charge on any atom is 0.305 e. The van der Waals surface area contributed by atoms with Crippen molar-refractivity contribution in [2.45, 2.75) is 39.5 Å². The third-order valence-electron chi connectivity index (χ3n) is 1.89. The summed E-state index contributed by atoms with van der Waals surface area (Å²) in [5, 5.41) is 4.84. The van der Waals surface area contributed by atoms with E-state index in [0.29, 0.717) is 38.2 Å². The second-order valence-electron chi connectivity index (χ2n) is 4.25. The van der Waals surface area contributed by atoms with Crippen LogP contribution in [0.15, 0.2) is 0 Å². The lowest BCUT2D eigenvalue weighted by Crippen LogP contribution is -2.16. The van der Waals surface area contributed by atoms with E-state index in [-0.39, 0.29) is 11.7 Å². The molecule has 0 atom stereocenters. The van der Waals surface area contributed by atoms with Gasteiger partial charge in [-0.1, -0.05) is 20.3 Å². The highest BCUT2D eigenvalue weighted by atomic mass is 32.2. The van der Waals surface area contributed by atoms with Crippen molar-refractivity contribution in [3.05, 3.63) is 0 Å². The van der Waals surface area contributed by atoms with Crippen LogP contribution in [0.2, 0.25) is 0 Å². The summed E-state index contributed by atoms with van der Waals surface area (Å²) in [6.45, 7) is 4.38. The predicted octanol–water partition coefficient (Wildman–Crippen LogP) is 1.03. The van der Waals surface area contributed by atoms with E-state index in [1.54, 1.807) is 0 Å². The Balaban J connectivity index is 3.42. The molecule has 0 aromatic rings. The van der Waals surface area contributed by atoms with Gasteiger partial charge >= 0.3 is 5.97 Å². The van der Waals surface area contributed by atoms with E-state index in [0.717, 1.165) is 0 Å². The maximum atomic E-state index is 11.1. The molecule has 2 N–H and O–H groups in total. The summed E-state index contributed by atoms with van der Waals surface area (Å²) in [5.41, 5.74) is 0. The molecule has 0 saturated carbocycles. The Morgan fingerprint density at radius 3 is 2.38 bits per heavy atom. The minimum Gasteiger partial charge on any atom is -0.465 e. The van der Waals surface area contributed by atoms with Crippen LogP contribution in [0.1, 0.15) is 39.5 Å². The van der Waals surface area contributed by atoms with Gasteiger partial charge in [-0.05, 0) is 18.8 Å². The van der Waals surface area contributed by atoms with E-state index >= 15 is 0 Å². The Labute approximate surface area is 97.4 Å². The van der Waals surface area contributed by atoms with E-state index < -0.39 is 10.0 Å². The smallest absolute Gasteiger partial charge is 0.305 e. The molecule has 0 bridgehead atoms. The van der Waals surface area contributed by atoms with Crippen LogP contribution in [0.3, 0.4) is 0 Å². The number of primary sulfonamides is 1. The molecule has 0 rings (SSSR count). The van der Waals surface area contributed by atoms with Crippen LogP contribution in [0.4, 0.5) is 0 Å². The van der Waals surface area contributed by atoms with Crippen molar-refractivity contribution in [2.75, 3.05) is 12.4 Å². The van der Waals surface area contributed by atoms with Gasteiger partial charge in [-0.2, -0.15) is 0 Å². The fourth-order valence-corrected chi connectivity index (χ4v) is 1.69. The minimum absolute atomic E-state index is 0.0198. The van der Waals surface area contributed by atoms with Crippen molar-refractivity contribution in [1.29, 1.82) is 0 Å². The molecule has 96 valence electrons. The van der Waals surface area contributed by atoms with Crippen LogP contribution in [0, 0.1) is 5.92 Å². The Bertz CT molecular complexity index is 298. The maximum absolute atomic E-state index is 11.1. The topological polar surface area (TPSA) is 86.5 Å². The SMILES string of the molecule is CC(C)COC(=O)CCCCCS(N)(=O)=O. The van der Waals surface area contributed by atoms with Gasteiger partial charge in [0.05, 0.1) is 12.4 Å². The summed E-state index contributed by atoms with van der Waals surface area (Å²) in [6.07, 6.45) is 2.16. The van der Waals surface area contributed by atoms with E-state index in [2.05, 4.69) is 0 Å². The molecule has 0 aliphatic heterocycles. The summed E-state index contributed by atoms with van der Waals surface area (Å²) >= 11 is 0. The van der Waals surface area contributed by atoms with Gasteiger partial charge in [0.2, 0.25) is 10.0 Å². The lowest BCUT2D eigenvalue weighted by atomic mass is 10.2. The number of sulfonamides is 1. The van der Waals surface area contributed by atoms with Gasteiger partial charge in [0.15, 0.2) is 0 Å². The largest absolute Gasteiger partial charge is 0.465 e. The van der Waals surface area contributed by atoms with Crippen LogP contribution in [0.25, 0.3) is 0 Å². The first kappa shape index (κ1) is 15.4. The number of hydrogen-bond donors (Lipinski definition) is 1. The van der Waals surface area contributed by atoms with Gasteiger partial charge in [0.25, 0.3) is 0 Å². The van der Waals surface area contributed by atoms with Crippen molar-refractivity contribution in [3.63, 3.8) is 0 Å². The number of ether oxygens (including phenoxy) is 1. The molecule has 0 aromatic carbocycles. The fourth-order valence-electron chi connectivity index (χ4n) is 1.08. The molecule has 0 spiro atoms. The van der Waals surface area contributed by atoms with Gasteiger partial charge in [-0.15, -0.1) is 0 Å². The monoisotopic (exact) mass is 251 g/mol. The summed E-state index contributed by atoms with van der Waals surface area (Å²) in [7, 11) is -3.36. The summed E-state index contributed by atoms with van der Waals surface area (Å²) in [5.74, 6) is 0.101. The van der Waals surface area contributed by atoms with Crippen molar-refractivity contribution in [1.82, 2.24) is 0 Å². The fraction of sp³-hybridized carbons (Fsp3) is 0.900. The second kappa shape index (κ2) is 7.62. The standard InChI is InChI=1S/C10H21NO4S/c1-9(2)8-15-10(12)6-4-3-5-7-16(11,13)14/h9H,3-8H2,1-2H3,(H2,11,13,14). The molecular weight excluding hydrogens is 230 g/mol. The van der Waals surface area contributed by atoms with Gasteiger partial charge in [-0.3, -0.25) is 4.79 Å². The summed E-state index contributed by atoms with van der Waals surface area (Å²) < 4.78 is 26.2. The van der Waals surface area contributed by atoms with E-state index in [4.69, 9.17) is 9.88 Å². The highest BCUT2D eigenvalue weighted by molar-refractivity contribution is 7.89. The van der Waals surface area contributed by atoms with Crippen molar-refractivity contribution >= 4 is 16.0 Å². The lowest BCUT2D eigenvalue weighted by Gasteiger charge is -2.06. The molecule has 0 amide bonds. The zero-order chi connectivity index (χ0) is 12.6. The van der Waals surface area contributed by atoms with Crippen molar-refractivity contribution < 1.29 is 17.9 Å². The Morgan fingerprint density at radius 1 is 1.25 bits per heavy atom. The third kappa shape index (κ3) is 11.5. The normalized spacial score (nSPS) is 11.8. The van der Waals surface area contributed by atoms with Crippen LogP contribution in [-0.4, -0.2) is 26.7 Å². The highest BCUT2D eigenvalue weighted by Crippen LogP contribution is 2.03. The zero-order valence-corrected chi connectivity index (χ0v) is 10.8. The Hall–Kier alpha value is -0.620. The van der Waals surface area contributed by atoms with Crippen molar-refractivity contribution in [2.24, 2.45) is 11.1 Å². The number of carbonyl (C=O) groups is 1. The third-order valence-corrected chi connectivity index (χ3v) is 2.75. The average Bonchev–Trinajstić information content (AvgIpc) is 2.12. The van der Waals surface area contributed by atoms with E-state index in [9.17, 15) is 13.2 Å². The molecule has 0 saturated heterocycles. The average molecular weight is 251 g/mol. The van der Waals surface area contributed by atoms with Crippen LogP contribution >= 0.6 is 0 Å². The molecule has 5 nitrogen and oxygen atoms in total. The van der Waals surface area contributed by atoms with Gasteiger partial charge < -0.3 is 4.74 Å². The Kier molecular flexibility index (Phi) is 7.33. The molecule has 0 heterocycles. The molecule has 0 fully saturated rings. The zero-order valence-electron chi connectivity index (χ0n) is 9.94. The molecule has 0 aliphatic rings. The quantitative estimate of drug-likeness (QED) is 0.515. The predicted molar refractivity (Wildman–Crippen MR) is 62.2 cm³/mol. The Morgan fingerprint density at radius 2 is 1.88 bits per heavy atom. The second-order valence-corrected chi connectivity index (χ2v) is 5.99. The number of carbonyl (C=O) groups excluding carboxylic acids is 1. The number of rotatable bonds is 8. The molecular formula is C10H21NO4S. The molecule has 16 heavy (non-hydrogen) atoms. The first-order valence-corrected chi connectivity index (χ1v) is 7.19. The summed E-state index contributed by atoms with van der Waals surface area (Å²) in [4.78, 5) is 11.1. The first-order valence-electron chi connectivity index (χ1n) is 5.47. The highest BCUT2D eigenvalue weighted by Gasteiger charge is 2.05. The van der Waals surface area contributed by atoms with E-state index in [1.165, 1.54) is 0 Å².